The Morgan fingerprint density at radius 2 is 1.79 bits per heavy atom. The van der Waals surface area contributed by atoms with Crippen molar-refractivity contribution >= 4 is 17.3 Å². The standard InChI is InChI=1S/C22H24N4O2/c1-4-17-7-5-6-14(2)22(17)26-21-11-20(24-15(3)25-21)23-12-16-8-9-18-19(10-16)28-13-27-18/h5-11H,4,12-13H2,1-3H3,(H2,23,24,25,26). The zero-order chi connectivity index (χ0) is 19.5. The number of hydrogen-bond acceptors (Lipinski definition) is 6. The van der Waals surface area contributed by atoms with E-state index >= 15 is 0 Å². The summed E-state index contributed by atoms with van der Waals surface area (Å²) in [5, 5.41) is 6.85. The number of aryl methyl sites for hydroxylation is 3. The van der Waals surface area contributed by atoms with E-state index in [1.807, 2.05) is 31.2 Å². The Morgan fingerprint density at radius 3 is 2.64 bits per heavy atom. The van der Waals surface area contributed by atoms with E-state index in [0.717, 1.165) is 40.8 Å². The first kappa shape index (κ1) is 18.1. The molecule has 28 heavy (non-hydrogen) atoms. The number of fused-ring (bicyclic) bond motifs is 1. The van der Waals surface area contributed by atoms with Crippen molar-refractivity contribution in [3.8, 4) is 11.5 Å². The van der Waals surface area contributed by atoms with Crippen molar-refractivity contribution in [3.63, 3.8) is 0 Å². The Hall–Kier alpha value is -3.28. The van der Waals surface area contributed by atoms with Crippen LogP contribution < -0.4 is 20.1 Å². The molecule has 4 rings (SSSR count). The molecule has 2 N–H and O–H groups in total. The van der Waals surface area contributed by atoms with Gasteiger partial charge in [0.15, 0.2) is 11.5 Å². The highest BCUT2D eigenvalue weighted by molar-refractivity contribution is 5.66. The molecule has 0 atom stereocenters. The molecule has 6 nitrogen and oxygen atoms in total. The van der Waals surface area contributed by atoms with E-state index in [-0.39, 0.29) is 6.79 Å². The van der Waals surface area contributed by atoms with Crippen LogP contribution in [0.15, 0.2) is 42.5 Å². The first-order valence-electron chi connectivity index (χ1n) is 9.46. The first-order valence-corrected chi connectivity index (χ1v) is 9.46. The fraction of sp³-hybridized carbons (Fsp3) is 0.273. The van der Waals surface area contributed by atoms with Gasteiger partial charge in [0.05, 0.1) is 0 Å². The number of para-hydroxylation sites is 1. The zero-order valence-electron chi connectivity index (χ0n) is 16.4. The van der Waals surface area contributed by atoms with Crippen molar-refractivity contribution in [2.45, 2.75) is 33.7 Å². The molecular weight excluding hydrogens is 352 g/mol. The molecule has 0 spiro atoms. The predicted octanol–water partition coefficient (Wildman–Crippen LogP) is 4.74. The number of benzene rings is 2. The number of rotatable bonds is 6. The number of hydrogen-bond donors (Lipinski definition) is 2. The van der Waals surface area contributed by atoms with Crippen molar-refractivity contribution in [1.29, 1.82) is 0 Å². The molecule has 2 aromatic carbocycles. The summed E-state index contributed by atoms with van der Waals surface area (Å²) in [7, 11) is 0. The maximum Gasteiger partial charge on any atom is 0.231 e. The third-order valence-electron chi connectivity index (χ3n) is 4.74. The van der Waals surface area contributed by atoms with Crippen LogP contribution >= 0.6 is 0 Å². The lowest BCUT2D eigenvalue weighted by molar-refractivity contribution is 0.174. The van der Waals surface area contributed by atoms with Gasteiger partial charge in [0, 0.05) is 18.3 Å². The van der Waals surface area contributed by atoms with Crippen LogP contribution in [0.25, 0.3) is 0 Å². The Labute approximate surface area is 164 Å². The molecule has 0 amide bonds. The monoisotopic (exact) mass is 376 g/mol. The molecule has 0 saturated carbocycles. The second-order valence-corrected chi connectivity index (χ2v) is 6.81. The van der Waals surface area contributed by atoms with E-state index in [1.54, 1.807) is 0 Å². The molecule has 0 radical (unpaired) electrons. The van der Waals surface area contributed by atoms with Gasteiger partial charge in [-0.25, -0.2) is 9.97 Å². The van der Waals surface area contributed by atoms with Crippen LogP contribution in [-0.2, 0) is 13.0 Å². The molecular formula is C22H24N4O2. The van der Waals surface area contributed by atoms with Crippen molar-refractivity contribution in [2.75, 3.05) is 17.4 Å². The highest BCUT2D eigenvalue weighted by Gasteiger charge is 2.13. The Kier molecular flexibility index (Phi) is 5.02. The van der Waals surface area contributed by atoms with Crippen LogP contribution in [-0.4, -0.2) is 16.8 Å². The van der Waals surface area contributed by atoms with Crippen molar-refractivity contribution in [2.24, 2.45) is 0 Å². The number of ether oxygens (including phenoxy) is 2. The normalized spacial score (nSPS) is 12.1. The maximum absolute atomic E-state index is 5.44. The van der Waals surface area contributed by atoms with Gasteiger partial charge in [-0.05, 0) is 49.1 Å². The summed E-state index contributed by atoms with van der Waals surface area (Å²) in [6.07, 6.45) is 0.962. The Morgan fingerprint density at radius 1 is 0.964 bits per heavy atom. The van der Waals surface area contributed by atoms with E-state index in [9.17, 15) is 0 Å². The van der Waals surface area contributed by atoms with E-state index in [1.165, 1.54) is 11.1 Å². The van der Waals surface area contributed by atoms with E-state index in [0.29, 0.717) is 12.4 Å². The van der Waals surface area contributed by atoms with Crippen LogP contribution in [0, 0.1) is 13.8 Å². The Bertz CT molecular complexity index is 1000. The Balaban J connectivity index is 1.51. The lowest BCUT2D eigenvalue weighted by Gasteiger charge is -2.15. The molecule has 1 aliphatic heterocycles. The highest BCUT2D eigenvalue weighted by Crippen LogP contribution is 2.32. The summed E-state index contributed by atoms with van der Waals surface area (Å²) >= 11 is 0. The minimum Gasteiger partial charge on any atom is -0.454 e. The summed E-state index contributed by atoms with van der Waals surface area (Å²) in [5.41, 5.74) is 4.68. The van der Waals surface area contributed by atoms with Gasteiger partial charge in [0.1, 0.15) is 17.5 Å². The van der Waals surface area contributed by atoms with Gasteiger partial charge in [-0.1, -0.05) is 31.2 Å². The number of aromatic nitrogens is 2. The molecule has 3 aromatic rings. The highest BCUT2D eigenvalue weighted by atomic mass is 16.7. The summed E-state index contributed by atoms with van der Waals surface area (Å²) in [6, 6.07) is 14.2. The zero-order valence-corrected chi connectivity index (χ0v) is 16.4. The van der Waals surface area contributed by atoms with Crippen LogP contribution in [0.2, 0.25) is 0 Å². The lowest BCUT2D eigenvalue weighted by Crippen LogP contribution is -2.06. The summed E-state index contributed by atoms with van der Waals surface area (Å²) in [4.78, 5) is 9.06. The second kappa shape index (κ2) is 7.76. The quantitative estimate of drug-likeness (QED) is 0.648. The van der Waals surface area contributed by atoms with Crippen molar-refractivity contribution < 1.29 is 9.47 Å². The second-order valence-electron chi connectivity index (χ2n) is 6.81. The van der Waals surface area contributed by atoms with E-state index in [2.05, 4.69) is 52.6 Å². The smallest absolute Gasteiger partial charge is 0.231 e. The molecule has 0 bridgehead atoms. The molecule has 6 heteroatoms. The van der Waals surface area contributed by atoms with Crippen LogP contribution in [0.4, 0.5) is 17.3 Å². The van der Waals surface area contributed by atoms with Gasteiger partial charge in [-0.2, -0.15) is 0 Å². The number of nitrogens with zero attached hydrogens (tertiary/aromatic N) is 2. The molecule has 144 valence electrons. The summed E-state index contributed by atoms with van der Waals surface area (Å²) < 4.78 is 10.8. The van der Waals surface area contributed by atoms with E-state index < -0.39 is 0 Å². The van der Waals surface area contributed by atoms with Gasteiger partial charge >= 0.3 is 0 Å². The van der Waals surface area contributed by atoms with Crippen LogP contribution in [0.5, 0.6) is 11.5 Å². The molecule has 1 aliphatic rings. The SMILES string of the molecule is CCc1cccc(C)c1Nc1cc(NCc2ccc3c(c2)OCO3)nc(C)n1. The van der Waals surface area contributed by atoms with Crippen LogP contribution in [0.1, 0.15) is 29.4 Å². The molecule has 1 aromatic heterocycles. The third kappa shape index (κ3) is 3.86. The molecule has 0 fully saturated rings. The first-order chi connectivity index (χ1) is 13.6. The molecule has 2 heterocycles. The fourth-order valence-electron chi connectivity index (χ4n) is 3.30. The predicted molar refractivity (Wildman–Crippen MR) is 111 cm³/mol. The van der Waals surface area contributed by atoms with Crippen molar-refractivity contribution in [3.05, 3.63) is 65.0 Å². The summed E-state index contributed by atoms with van der Waals surface area (Å²) in [5.74, 6) is 3.85. The summed E-state index contributed by atoms with van der Waals surface area (Å²) in [6.45, 7) is 7.08. The van der Waals surface area contributed by atoms with Crippen molar-refractivity contribution in [1.82, 2.24) is 9.97 Å². The minimum absolute atomic E-state index is 0.283. The number of anilines is 3. The molecule has 0 unspecified atom stereocenters. The maximum atomic E-state index is 5.44. The van der Waals surface area contributed by atoms with Crippen LogP contribution in [0.3, 0.4) is 0 Å². The largest absolute Gasteiger partial charge is 0.454 e. The molecule has 0 aliphatic carbocycles. The molecule has 0 saturated heterocycles. The number of nitrogens with one attached hydrogen (secondary N) is 2. The third-order valence-corrected chi connectivity index (χ3v) is 4.74. The average molecular weight is 376 g/mol. The van der Waals surface area contributed by atoms with Gasteiger partial charge in [-0.3, -0.25) is 0 Å². The van der Waals surface area contributed by atoms with Gasteiger partial charge in [0.2, 0.25) is 6.79 Å². The van der Waals surface area contributed by atoms with E-state index in [4.69, 9.17) is 9.47 Å². The minimum atomic E-state index is 0.283. The lowest BCUT2D eigenvalue weighted by atomic mass is 10.1. The van der Waals surface area contributed by atoms with Gasteiger partial charge in [0.25, 0.3) is 0 Å². The average Bonchev–Trinajstić information content (AvgIpc) is 3.15. The van der Waals surface area contributed by atoms with Gasteiger partial charge < -0.3 is 20.1 Å². The fourth-order valence-corrected chi connectivity index (χ4v) is 3.30. The van der Waals surface area contributed by atoms with Gasteiger partial charge in [-0.15, -0.1) is 0 Å². The topological polar surface area (TPSA) is 68.3 Å².